The van der Waals surface area contributed by atoms with E-state index in [0.717, 1.165) is 12.5 Å². The number of rotatable bonds is 4. The molecule has 6 heteroatoms. The van der Waals surface area contributed by atoms with Crippen molar-refractivity contribution in [2.45, 2.75) is 31.2 Å². The number of aliphatic carboxylic acids is 1. The molecule has 5 nitrogen and oxygen atoms in total. The Balaban J connectivity index is 2.19. The van der Waals surface area contributed by atoms with E-state index >= 15 is 0 Å². The minimum absolute atomic E-state index is 0.200. The van der Waals surface area contributed by atoms with E-state index in [0.29, 0.717) is 12.8 Å². The van der Waals surface area contributed by atoms with Crippen molar-refractivity contribution in [2.75, 3.05) is 0 Å². The third-order valence-electron chi connectivity index (χ3n) is 3.40. The van der Waals surface area contributed by atoms with Gasteiger partial charge in [-0.25, -0.2) is 4.39 Å². The van der Waals surface area contributed by atoms with Gasteiger partial charge >= 0.3 is 5.97 Å². The number of phenolic OH excluding ortho intramolecular Hbond substituents is 1. The number of benzene rings is 1. The van der Waals surface area contributed by atoms with Crippen LogP contribution in [0.3, 0.4) is 0 Å². The molecule has 0 unspecified atom stereocenters. The number of amides is 1. The van der Waals surface area contributed by atoms with Crippen LogP contribution >= 0.6 is 0 Å². The Hall–Kier alpha value is -2.11. The molecule has 2 rings (SSSR count). The van der Waals surface area contributed by atoms with E-state index < -0.39 is 34.5 Å². The van der Waals surface area contributed by atoms with Crippen molar-refractivity contribution in [3.8, 4) is 5.75 Å². The fraction of sp³-hybridized carbons (Fsp3) is 0.385. The average Bonchev–Trinajstić information content (AvgIpc) is 2.25. The van der Waals surface area contributed by atoms with Crippen LogP contribution in [0.5, 0.6) is 5.75 Å². The lowest BCUT2D eigenvalue weighted by Gasteiger charge is -2.41. The summed E-state index contributed by atoms with van der Waals surface area (Å²) in [6.45, 7) is 0. The van der Waals surface area contributed by atoms with Crippen molar-refractivity contribution < 1.29 is 24.2 Å². The van der Waals surface area contributed by atoms with Crippen molar-refractivity contribution >= 4 is 11.9 Å². The van der Waals surface area contributed by atoms with Gasteiger partial charge in [0.05, 0.1) is 12.0 Å². The van der Waals surface area contributed by atoms with Crippen LogP contribution in [0.15, 0.2) is 18.2 Å². The molecule has 0 bridgehead atoms. The van der Waals surface area contributed by atoms with E-state index in [-0.39, 0.29) is 6.42 Å². The number of carboxylic acid groups (broad SMARTS) is 1. The lowest BCUT2D eigenvalue weighted by Crippen LogP contribution is -2.54. The standard InChI is InChI=1S/C13H14FNO4/c14-8-3-1-4-9(16)11(8)12(19)15-13(5-2-6-13)7-10(17)18/h1,3-4,16H,2,5-7H2,(H,15,19)(H,17,18). The molecular weight excluding hydrogens is 253 g/mol. The minimum atomic E-state index is -1.02. The highest BCUT2D eigenvalue weighted by molar-refractivity contribution is 5.97. The first-order chi connectivity index (χ1) is 8.93. The van der Waals surface area contributed by atoms with Crippen molar-refractivity contribution in [2.24, 2.45) is 0 Å². The number of phenols is 1. The van der Waals surface area contributed by atoms with Gasteiger partial charge in [-0.2, -0.15) is 0 Å². The SMILES string of the molecule is O=C(O)CC1(NC(=O)c2c(O)cccc2F)CCC1. The number of nitrogens with one attached hydrogen (secondary N) is 1. The number of hydrogen-bond acceptors (Lipinski definition) is 3. The quantitative estimate of drug-likeness (QED) is 0.774. The van der Waals surface area contributed by atoms with Crippen LogP contribution in [0.2, 0.25) is 0 Å². The zero-order chi connectivity index (χ0) is 14.0. The molecule has 1 aromatic rings. The van der Waals surface area contributed by atoms with E-state index in [9.17, 15) is 19.1 Å². The summed E-state index contributed by atoms with van der Waals surface area (Å²) in [6.07, 6.45) is 1.70. The van der Waals surface area contributed by atoms with Crippen LogP contribution in [0, 0.1) is 5.82 Å². The number of halogens is 1. The molecule has 1 amide bonds. The lowest BCUT2D eigenvalue weighted by molar-refractivity contribution is -0.139. The fourth-order valence-electron chi connectivity index (χ4n) is 2.28. The van der Waals surface area contributed by atoms with Gasteiger partial charge in [-0.15, -0.1) is 0 Å². The Morgan fingerprint density at radius 2 is 2.05 bits per heavy atom. The Labute approximate surface area is 109 Å². The summed E-state index contributed by atoms with van der Waals surface area (Å²) in [4.78, 5) is 22.8. The summed E-state index contributed by atoms with van der Waals surface area (Å²) in [5.41, 5.74) is -1.27. The molecule has 0 spiro atoms. The summed E-state index contributed by atoms with van der Waals surface area (Å²) in [7, 11) is 0. The maximum absolute atomic E-state index is 13.5. The molecular formula is C13H14FNO4. The first kappa shape index (κ1) is 13.3. The van der Waals surface area contributed by atoms with E-state index in [1.54, 1.807) is 0 Å². The Morgan fingerprint density at radius 3 is 2.53 bits per heavy atom. The Morgan fingerprint density at radius 1 is 1.37 bits per heavy atom. The van der Waals surface area contributed by atoms with E-state index in [1.165, 1.54) is 12.1 Å². The molecule has 1 aliphatic rings. The van der Waals surface area contributed by atoms with Crippen LogP contribution in [-0.4, -0.2) is 27.6 Å². The first-order valence-electron chi connectivity index (χ1n) is 5.95. The lowest BCUT2D eigenvalue weighted by atomic mass is 9.74. The van der Waals surface area contributed by atoms with Gasteiger partial charge in [0.1, 0.15) is 17.1 Å². The zero-order valence-corrected chi connectivity index (χ0v) is 10.1. The molecule has 0 aliphatic heterocycles. The topological polar surface area (TPSA) is 86.6 Å². The molecule has 0 aromatic heterocycles. The molecule has 1 saturated carbocycles. The van der Waals surface area contributed by atoms with Crippen LogP contribution in [0.25, 0.3) is 0 Å². The van der Waals surface area contributed by atoms with Crippen LogP contribution in [0.4, 0.5) is 4.39 Å². The number of aromatic hydroxyl groups is 1. The van der Waals surface area contributed by atoms with Gasteiger partial charge in [-0.05, 0) is 31.4 Å². The Kier molecular flexibility index (Phi) is 3.42. The molecule has 102 valence electrons. The second kappa shape index (κ2) is 4.87. The number of carbonyl (C=O) groups is 2. The second-order valence-electron chi connectivity index (χ2n) is 4.79. The van der Waals surface area contributed by atoms with Gasteiger partial charge in [0.15, 0.2) is 0 Å². The fourth-order valence-corrected chi connectivity index (χ4v) is 2.28. The summed E-state index contributed by atoms with van der Waals surface area (Å²) >= 11 is 0. The molecule has 19 heavy (non-hydrogen) atoms. The molecule has 0 saturated heterocycles. The van der Waals surface area contributed by atoms with Crippen LogP contribution < -0.4 is 5.32 Å². The maximum atomic E-state index is 13.5. The van der Waals surface area contributed by atoms with Gasteiger partial charge in [0.25, 0.3) is 5.91 Å². The summed E-state index contributed by atoms with van der Waals surface area (Å²) in [5, 5.41) is 20.9. The number of carboxylic acids is 1. The summed E-state index contributed by atoms with van der Waals surface area (Å²) in [6, 6.07) is 3.57. The highest BCUT2D eigenvalue weighted by Gasteiger charge is 2.41. The molecule has 1 aromatic carbocycles. The third-order valence-corrected chi connectivity index (χ3v) is 3.40. The summed E-state index contributed by atoms with van der Waals surface area (Å²) < 4.78 is 13.5. The molecule has 3 N–H and O–H groups in total. The van der Waals surface area contributed by atoms with Crippen molar-refractivity contribution in [1.82, 2.24) is 5.32 Å². The van der Waals surface area contributed by atoms with Gasteiger partial charge in [0, 0.05) is 0 Å². The van der Waals surface area contributed by atoms with Crippen molar-refractivity contribution in [3.05, 3.63) is 29.6 Å². The summed E-state index contributed by atoms with van der Waals surface area (Å²) in [5.74, 6) is -3.08. The first-order valence-corrected chi connectivity index (χ1v) is 5.95. The number of hydrogen-bond donors (Lipinski definition) is 3. The average molecular weight is 267 g/mol. The smallest absolute Gasteiger partial charge is 0.305 e. The van der Waals surface area contributed by atoms with Gasteiger partial charge in [0.2, 0.25) is 0 Å². The number of carbonyl (C=O) groups excluding carboxylic acids is 1. The second-order valence-corrected chi connectivity index (χ2v) is 4.79. The molecule has 1 fully saturated rings. The maximum Gasteiger partial charge on any atom is 0.305 e. The molecule has 0 atom stereocenters. The van der Waals surface area contributed by atoms with Crippen molar-refractivity contribution in [1.29, 1.82) is 0 Å². The van der Waals surface area contributed by atoms with Crippen molar-refractivity contribution in [3.63, 3.8) is 0 Å². The molecule has 0 radical (unpaired) electrons. The molecule has 0 heterocycles. The van der Waals surface area contributed by atoms with Crippen LogP contribution in [-0.2, 0) is 4.79 Å². The predicted octanol–water partition coefficient (Wildman–Crippen LogP) is 1.66. The van der Waals surface area contributed by atoms with Gasteiger partial charge in [-0.1, -0.05) is 6.07 Å². The van der Waals surface area contributed by atoms with Crippen LogP contribution in [0.1, 0.15) is 36.0 Å². The highest BCUT2D eigenvalue weighted by atomic mass is 19.1. The minimum Gasteiger partial charge on any atom is -0.507 e. The largest absolute Gasteiger partial charge is 0.507 e. The zero-order valence-electron chi connectivity index (χ0n) is 10.1. The normalized spacial score (nSPS) is 16.5. The third kappa shape index (κ3) is 2.67. The van der Waals surface area contributed by atoms with Gasteiger partial charge < -0.3 is 15.5 Å². The highest BCUT2D eigenvalue weighted by Crippen LogP contribution is 2.35. The monoisotopic (exact) mass is 267 g/mol. The van der Waals surface area contributed by atoms with E-state index in [4.69, 9.17) is 5.11 Å². The Bertz CT molecular complexity index is 505. The van der Waals surface area contributed by atoms with E-state index in [2.05, 4.69) is 5.32 Å². The predicted molar refractivity (Wildman–Crippen MR) is 64.4 cm³/mol. The van der Waals surface area contributed by atoms with E-state index in [1.807, 2.05) is 0 Å². The molecule has 1 aliphatic carbocycles. The van der Waals surface area contributed by atoms with Gasteiger partial charge in [-0.3, -0.25) is 9.59 Å².